The van der Waals surface area contributed by atoms with E-state index in [4.69, 9.17) is 37.9 Å². The molecule has 0 saturated carbocycles. The van der Waals surface area contributed by atoms with E-state index in [0.717, 1.165) is 0 Å². The van der Waals surface area contributed by atoms with Crippen LogP contribution < -0.4 is 4.74 Å². The second-order valence-corrected chi connectivity index (χ2v) is 8.91. The van der Waals surface area contributed by atoms with Crippen LogP contribution in [0.2, 0.25) is 0 Å². The lowest BCUT2D eigenvalue weighted by Crippen LogP contribution is -2.16. The van der Waals surface area contributed by atoms with E-state index >= 15 is 0 Å². The van der Waals surface area contributed by atoms with Gasteiger partial charge in [0.2, 0.25) is 34.8 Å². The number of carbonyl (C=O) groups is 2. The highest BCUT2D eigenvalue weighted by molar-refractivity contribution is 5.89. The molecule has 2 aromatic rings. The first-order valence-corrected chi connectivity index (χ1v) is 14.3. The zero-order chi connectivity index (χ0) is 33.4. The Labute approximate surface area is 262 Å². The molecule has 0 atom stereocenters. The minimum Gasteiger partial charge on any atom is -0.460 e. The molecule has 0 amide bonds. The van der Waals surface area contributed by atoms with E-state index in [9.17, 15) is 31.5 Å². The Morgan fingerprint density at radius 3 is 1.22 bits per heavy atom. The average Bonchev–Trinajstić information content (AvgIpc) is 3.07. The summed E-state index contributed by atoms with van der Waals surface area (Å²) in [5.74, 6) is -14.6. The van der Waals surface area contributed by atoms with Gasteiger partial charge in [0.15, 0.2) is 0 Å². The molecule has 0 aliphatic rings. The fourth-order valence-corrected chi connectivity index (χ4v) is 3.27. The molecule has 0 aromatic heterocycles. The number of benzene rings is 2. The Balaban J connectivity index is 1.27. The smallest absolute Gasteiger partial charge is 0.338 e. The Morgan fingerprint density at radius 1 is 0.457 bits per heavy atom. The van der Waals surface area contributed by atoms with Crippen molar-refractivity contribution in [2.24, 2.45) is 0 Å². The van der Waals surface area contributed by atoms with Gasteiger partial charge in [0.05, 0.1) is 104 Å². The number of hydrogen-bond acceptors (Lipinski definition) is 11. The summed E-state index contributed by atoms with van der Waals surface area (Å²) in [5, 5.41) is 0. The summed E-state index contributed by atoms with van der Waals surface area (Å²) in [6.45, 7) is 4.06. The van der Waals surface area contributed by atoms with E-state index in [1.807, 2.05) is 6.07 Å². The van der Waals surface area contributed by atoms with Crippen LogP contribution in [0.5, 0.6) is 5.75 Å². The molecule has 0 fully saturated rings. The summed E-state index contributed by atoms with van der Waals surface area (Å²) in [4.78, 5) is 23.4. The topological polar surface area (TPSA) is 117 Å². The fraction of sp³-hybridized carbons (Fsp3) is 0.533. The van der Waals surface area contributed by atoms with Crippen molar-refractivity contribution in [2.45, 2.75) is 6.42 Å². The summed E-state index contributed by atoms with van der Waals surface area (Å²) < 4.78 is 113. The highest BCUT2D eigenvalue weighted by Gasteiger charge is 2.28. The van der Waals surface area contributed by atoms with Crippen LogP contribution in [0.4, 0.5) is 22.0 Å². The van der Waals surface area contributed by atoms with Gasteiger partial charge in [-0.05, 0) is 12.1 Å². The van der Waals surface area contributed by atoms with Gasteiger partial charge in [0.1, 0.15) is 6.61 Å². The van der Waals surface area contributed by atoms with Gasteiger partial charge in [0, 0.05) is 0 Å². The van der Waals surface area contributed by atoms with E-state index < -0.39 is 53.2 Å². The monoisotopic (exact) mass is 668 g/mol. The summed E-state index contributed by atoms with van der Waals surface area (Å²) in [6, 6.07) is 8.71. The number of rotatable bonds is 26. The van der Waals surface area contributed by atoms with Crippen molar-refractivity contribution in [3.63, 3.8) is 0 Å². The van der Waals surface area contributed by atoms with Gasteiger partial charge in [-0.3, -0.25) is 4.79 Å². The summed E-state index contributed by atoms with van der Waals surface area (Å²) in [5.41, 5.74) is 0.492. The molecule has 0 aliphatic carbocycles. The van der Waals surface area contributed by atoms with E-state index in [0.29, 0.717) is 65.0 Å². The summed E-state index contributed by atoms with van der Waals surface area (Å²) in [7, 11) is 0. The molecule has 258 valence electrons. The van der Waals surface area contributed by atoms with E-state index in [-0.39, 0.29) is 39.6 Å². The second-order valence-electron chi connectivity index (χ2n) is 8.91. The van der Waals surface area contributed by atoms with Crippen LogP contribution in [0.1, 0.15) is 16.8 Å². The number of ether oxygens (including phenoxy) is 9. The van der Waals surface area contributed by atoms with Crippen LogP contribution in [0.3, 0.4) is 0 Å². The number of carbonyl (C=O) groups excluding carboxylic acids is 2. The first kappa shape index (κ1) is 38.9. The third-order valence-electron chi connectivity index (χ3n) is 5.54. The quantitative estimate of drug-likeness (QED) is 0.0365. The van der Waals surface area contributed by atoms with Crippen LogP contribution in [0, 0.1) is 29.1 Å². The molecular weight excluding hydrogens is 631 g/mol. The van der Waals surface area contributed by atoms with Gasteiger partial charge >= 0.3 is 11.9 Å². The largest absolute Gasteiger partial charge is 0.460 e. The zero-order valence-corrected chi connectivity index (χ0v) is 25.1. The predicted octanol–water partition coefficient (Wildman–Crippen LogP) is 3.65. The van der Waals surface area contributed by atoms with Crippen LogP contribution in [0.25, 0.3) is 0 Å². The van der Waals surface area contributed by atoms with Crippen LogP contribution in [-0.2, 0) is 42.7 Å². The van der Waals surface area contributed by atoms with Gasteiger partial charge in [-0.25, -0.2) is 18.0 Å². The molecule has 0 saturated heterocycles. The lowest BCUT2D eigenvalue weighted by atomic mass is 10.2. The van der Waals surface area contributed by atoms with E-state index in [2.05, 4.69) is 4.74 Å². The van der Waals surface area contributed by atoms with E-state index in [1.54, 1.807) is 24.3 Å². The van der Waals surface area contributed by atoms with Crippen molar-refractivity contribution in [3.05, 3.63) is 65.0 Å². The lowest BCUT2D eigenvalue weighted by Gasteiger charge is -2.09. The summed E-state index contributed by atoms with van der Waals surface area (Å²) in [6.07, 6.45) is -0.491. The van der Waals surface area contributed by atoms with Gasteiger partial charge in [-0.1, -0.05) is 18.2 Å². The molecule has 0 unspecified atom stereocenters. The van der Waals surface area contributed by atoms with Crippen molar-refractivity contribution in [1.29, 1.82) is 0 Å². The molecule has 2 rings (SSSR count). The maximum absolute atomic E-state index is 13.5. The maximum Gasteiger partial charge on any atom is 0.338 e. The standard InChI is InChI=1S/C30H37F5O11/c31-24-25(32)27(34)29(28(35)26(24)33)46-23(36)6-7-38-8-9-39-10-11-40-12-13-41-14-15-42-16-17-43-18-19-44-20-21-45-30(37)22-4-2-1-3-5-22/h1-5H,6-21H2. The predicted molar refractivity (Wildman–Crippen MR) is 149 cm³/mol. The number of hydrogen-bond donors (Lipinski definition) is 0. The lowest BCUT2D eigenvalue weighted by molar-refractivity contribution is -0.136. The highest BCUT2D eigenvalue weighted by Crippen LogP contribution is 2.29. The molecule has 0 aliphatic heterocycles. The number of esters is 2. The fourth-order valence-electron chi connectivity index (χ4n) is 3.27. The minimum absolute atomic E-state index is 0.0753. The molecule has 0 N–H and O–H groups in total. The molecular formula is C30H37F5O11. The Morgan fingerprint density at radius 2 is 0.804 bits per heavy atom. The number of halogens is 5. The van der Waals surface area contributed by atoms with Crippen LogP contribution in [-0.4, -0.2) is 111 Å². The third-order valence-corrected chi connectivity index (χ3v) is 5.54. The third kappa shape index (κ3) is 15.8. The van der Waals surface area contributed by atoms with Crippen LogP contribution >= 0.6 is 0 Å². The molecule has 46 heavy (non-hydrogen) atoms. The molecule has 11 nitrogen and oxygen atoms in total. The molecule has 16 heteroatoms. The van der Waals surface area contributed by atoms with Gasteiger partial charge < -0.3 is 42.6 Å². The normalized spacial score (nSPS) is 11.2. The zero-order valence-electron chi connectivity index (χ0n) is 25.1. The van der Waals surface area contributed by atoms with Crippen molar-refractivity contribution < 1.29 is 74.2 Å². The van der Waals surface area contributed by atoms with Crippen molar-refractivity contribution in [1.82, 2.24) is 0 Å². The van der Waals surface area contributed by atoms with Crippen molar-refractivity contribution >= 4 is 11.9 Å². The highest BCUT2D eigenvalue weighted by atomic mass is 19.2. The molecule has 0 radical (unpaired) electrons. The van der Waals surface area contributed by atoms with Crippen molar-refractivity contribution in [2.75, 3.05) is 99.1 Å². The SMILES string of the molecule is O=C(CCOCCOCCOCCOCCOCCOCCOCCOC(=O)c1ccccc1)Oc1c(F)c(F)c(F)c(F)c1F. The Hall–Kier alpha value is -3.25. The Kier molecular flexibility index (Phi) is 20.3. The van der Waals surface area contributed by atoms with Gasteiger partial charge in [-0.15, -0.1) is 0 Å². The van der Waals surface area contributed by atoms with Crippen molar-refractivity contribution in [3.8, 4) is 5.75 Å². The van der Waals surface area contributed by atoms with Gasteiger partial charge in [0.25, 0.3) is 0 Å². The van der Waals surface area contributed by atoms with Crippen LogP contribution in [0.15, 0.2) is 30.3 Å². The maximum atomic E-state index is 13.5. The molecule has 0 spiro atoms. The summed E-state index contributed by atoms with van der Waals surface area (Å²) >= 11 is 0. The molecule has 0 bridgehead atoms. The minimum atomic E-state index is -2.35. The van der Waals surface area contributed by atoms with Gasteiger partial charge in [-0.2, -0.15) is 8.78 Å². The molecule has 0 heterocycles. The first-order valence-electron chi connectivity index (χ1n) is 14.3. The van der Waals surface area contributed by atoms with E-state index in [1.165, 1.54) is 0 Å². The average molecular weight is 669 g/mol. The first-order chi connectivity index (χ1) is 22.3. The molecule has 2 aromatic carbocycles. The Bertz CT molecular complexity index is 1130. The second kappa shape index (κ2) is 24.0.